The molecule has 0 radical (unpaired) electrons. The number of nitrogens with one attached hydrogen (secondary N) is 2. The number of carbonyl (C=O) groups is 1. The van der Waals surface area contributed by atoms with Crippen LogP contribution in [0.25, 0.3) is 0 Å². The van der Waals surface area contributed by atoms with E-state index in [1.165, 1.54) is 30.4 Å². The lowest BCUT2D eigenvalue weighted by Gasteiger charge is -2.16. The molecule has 2 N–H and O–H groups in total. The van der Waals surface area contributed by atoms with E-state index in [0.717, 1.165) is 38.6 Å². The van der Waals surface area contributed by atoms with Gasteiger partial charge in [-0.3, -0.25) is 9.79 Å². The van der Waals surface area contributed by atoms with Gasteiger partial charge in [0.2, 0.25) is 5.91 Å². The van der Waals surface area contributed by atoms with Gasteiger partial charge in [0.15, 0.2) is 5.96 Å². The smallest absolute Gasteiger partial charge is 0.222 e. The van der Waals surface area contributed by atoms with Crippen LogP contribution in [0.5, 0.6) is 0 Å². The zero-order chi connectivity index (χ0) is 17.2. The maximum atomic E-state index is 11.7. The fourth-order valence-electron chi connectivity index (χ4n) is 2.84. The summed E-state index contributed by atoms with van der Waals surface area (Å²) in [6.45, 7) is 5.53. The molecule has 0 saturated carbocycles. The molecule has 6 heteroatoms. The van der Waals surface area contributed by atoms with Gasteiger partial charge in [-0.15, -0.1) is 24.0 Å². The molecule has 2 rings (SSSR count). The molecule has 0 unspecified atom stereocenters. The minimum Gasteiger partial charge on any atom is -0.356 e. The minimum atomic E-state index is 0. The van der Waals surface area contributed by atoms with Crippen LogP contribution in [0.4, 0.5) is 0 Å². The monoisotopic (exact) mass is 458 g/mol. The molecule has 0 aromatic heterocycles. The molecule has 1 fully saturated rings. The van der Waals surface area contributed by atoms with Crippen LogP contribution in [-0.4, -0.2) is 36.9 Å². The number of unbranched alkanes of at least 4 members (excludes halogenated alkanes) is 2. The second kappa shape index (κ2) is 12.1. The molecular formula is C19H31IN4O. The summed E-state index contributed by atoms with van der Waals surface area (Å²) in [5.41, 5.74) is 2.40. The number of carbonyl (C=O) groups excluding carboxylic acids is 1. The Morgan fingerprint density at radius 3 is 2.48 bits per heavy atom. The van der Waals surface area contributed by atoms with Gasteiger partial charge < -0.3 is 15.5 Å². The first-order valence-electron chi connectivity index (χ1n) is 9.03. The third kappa shape index (κ3) is 7.63. The Morgan fingerprint density at radius 2 is 1.88 bits per heavy atom. The summed E-state index contributed by atoms with van der Waals surface area (Å²) in [5, 5.41) is 6.67. The largest absolute Gasteiger partial charge is 0.356 e. The topological polar surface area (TPSA) is 56.7 Å². The van der Waals surface area contributed by atoms with E-state index in [-0.39, 0.29) is 29.9 Å². The predicted molar refractivity (Wildman–Crippen MR) is 114 cm³/mol. The van der Waals surface area contributed by atoms with Crippen molar-refractivity contribution in [1.82, 2.24) is 15.5 Å². The number of amides is 1. The molecule has 1 aromatic rings. The lowest BCUT2D eigenvalue weighted by atomic mass is 10.1. The van der Waals surface area contributed by atoms with Gasteiger partial charge in [0.05, 0.1) is 0 Å². The third-order valence-electron chi connectivity index (χ3n) is 4.32. The molecule has 1 amide bonds. The average molecular weight is 458 g/mol. The number of aliphatic imine (C=N–C) groups is 1. The number of hydrogen-bond acceptors (Lipinski definition) is 2. The highest BCUT2D eigenvalue weighted by atomic mass is 127. The van der Waals surface area contributed by atoms with Gasteiger partial charge in [-0.25, -0.2) is 0 Å². The first kappa shape index (κ1) is 21.7. The molecule has 0 spiro atoms. The summed E-state index contributed by atoms with van der Waals surface area (Å²) in [6.07, 6.45) is 5.33. The molecule has 1 aliphatic heterocycles. The van der Waals surface area contributed by atoms with E-state index in [2.05, 4.69) is 46.8 Å². The van der Waals surface area contributed by atoms with Gasteiger partial charge >= 0.3 is 0 Å². The molecule has 0 aliphatic carbocycles. The van der Waals surface area contributed by atoms with Crippen molar-refractivity contribution in [1.29, 1.82) is 0 Å². The van der Waals surface area contributed by atoms with Crippen molar-refractivity contribution in [2.24, 2.45) is 4.99 Å². The van der Waals surface area contributed by atoms with Gasteiger partial charge in [0.1, 0.15) is 0 Å². The molecule has 1 aliphatic rings. The molecule has 1 heterocycles. The van der Waals surface area contributed by atoms with Crippen molar-refractivity contribution in [2.45, 2.75) is 52.1 Å². The molecule has 25 heavy (non-hydrogen) atoms. The van der Waals surface area contributed by atoms with Crippen molar-refractivity contribution in [3.8, 4) is 0 Å². The normalized spacial score (nSPS) is 14.4. The van der Waals surface area contributed by atoms with Crippen LogP contribution in [0.15, 0.2) is 29.3 Å². The number of nitrogens with zero attached hydrogens (tertiary/aromatic N) is 2. The highest BCUT2D eigenvalue weighted by molar-refractivity contribution is 14.0. The Balaban J connectivity index is 0.00000312. The van der Waals surface area contributed by atoms with E-state index < -0.39 is 0 Å². The summed E-state index contributed by atoms with van der Waals surface area (Å²) in [7, 11) is 1.80. The SMILES string of the molecule is CCCCCNC(=NC)NCc1ccc(CN2CCCC2=O)cc1.I. The minimum absolute atomic E-state index is 0. The molecule has 5 nitrogen and oxygen atoms in total. The summed E-state index contributed by atoms with van der Waals surface area (Å²) < 4.78 is 0. The lowest BCUT2D eigenvalue weighted by molar-refractivity contribution is -0.128. The summed E-state index contributed by atoms with van der Waals surface area (Å²) in [6, 6.07) is 8.46. The fraction of sp³-hybridized carbons (Fsp3) is 0.579. The quantitative estimate of drug-likeness (QED) is 0.272. The molecular weight excluding hydrogens is 427 g/mol. The molecule has 0 bridgehead atoms. The Kier molecular flexibility index (Phi) is 10.5. The van der Waals surface area contributed by atoms with Crippen LogP contribution in [0.3, 0.4) is 0 Å². The number of likely N-dealkylation sites (tertiary alicyclic amines) is 1. The Bertz CT molecular complexity index is 545. The number of hydrogen-bond donors (Lipinski definition) is 2. The Hall–Kier alpha value is -1.31. The van der Waals surface area contributed by atoms with Crippen LogP contribution < -0.4 is 10.6 Å². The van der Waals surface area contributed by atoms with Gasteiger partial charge in [0.25, 0.3) is 0 Å². The number of guanidine groups is 1. The van der Waals surface area contributed by atoms with Crippen molar-refractivity contribution in [2.75, 3.05) is 20.1 Å². The molecule has 0 atom stereocenters. The maximum absolute atomic E-state index is 11.7. The average Bonchev–Trinajstić information content (AvgIpc) is 3.00. The summed E-state index contributed by atoms with van der Waals surface area (Å²) in [5.74, 6) is 1.12. The van der Waals surface area contributed by atoms with Crippen molar-refractivity contribution in [3.05, 3.63) is 35.4 Å². The van der Waals surface area contributed by atoms with E-state index in [1.807, 2.05) is 4.90 Å². The van der Waals surface area contributed by atoms with Crippen LogP contribution in [0.2, 0.25) is 0 Å². The van der Waals surface area contributed by atoms with E-state index in [1.54, 1.807) is 7.05 Å². The van der Waals surface area contributed by atoms with Gasteiger partial charge in [-0.1, -0.05) is 44.0 Å². The summed E-state index contributed by atoms with van der Waals surface area (Å²) in [4.78, 5) is 17.9. The first-order valence-corrected chi connectivity index (χ1v) is 9.03. The third-order valence-corrected chi connectivity index (χ3v) is 4.32. The van der Waals surface area contributed by atoms with Crippen molar-refractivity contribution >= 4 is 35.8 Å². The predicted octanol–water partition coefficient (Wildman–Crippen LogP) is 3.28. The zero-order valence-corrected chi connectivity index (χ0v) is 17.7. The zero-order valence-electron chi connectivity index (χ0n) is 15.4. The maximum Gasteiger partial charge on any atom is 0.222 e. The van der Waals surface area contributed by atoms with Crippen molar-refractivity contribution < 1.29 is 4.79 Å². The molecule has 1 saturated heterocycles. The van der Waals surface area contributed by atoms with Gasteiger partial charge in [-0.2, -0.15) is 0 Å². The van der Waals surface area contributed by atoms with Gasteiger partial charge in [-0.05, 0) is 24.0 Å². The second-order valence-electron chi connectivity index (χ2n) is 6.29. The lowest BCUT2D eigenvalue weighted by Crippen LogP contribution is -2.37. The van der Waals surface area contributed by atoms with E-state index in [9.17, 15) is 4.79 Å². The number of benzene rings is 1. The van der Waals surface area contributed by atoms with Crippen LogP contribution in [0, 0.1) is 0 Å². The first-order chi connectivity index (χ1) is 11.7. The van der Waals surface area contributed by atoms with Crippen LogP contribution >= 0.6 is 24.0 Å². The Labute approximate surface area is 168 Å². The number of halogens is 1. The van der Waals surface area contributed by atoms with Crippen molar-refractivity contribution in [3.63, 3.8) is 0 Å². The van der Waals surface area contributed by atoms with E-state index >= 15 is 0 Å². The van der Waals surface area contributed by atoms with Gasteiger partial charge in [0, 0.05) is 39.6 Å². The summed E-state index contributed by atoms with van der Waals surface area (Å²) >= 11 is 0. The highest BCUT2D eigenvalue weighted by Crippen LogP contribution is 2.14. The molecule has 1 aromatic carbocycles. The Morgan fingerprint density at radius 1 is 1.16 bits per heavy atom. The number of rotatable bonds is 8. The van der Waals surface area contributed by atoms with Crippen LogP contribution in [0.1, 0.15) is 50.2 Å². The van der Waals surface area contributed by atoms with Crippen LogP contribution in [-0.2, 0) is 17.9 Å². The van der Waals surface area contributed by atoms with E-state index in [0.29, 0.717) is 6.42 Å². The standard InChI is InChI=1S/C19H30N4O.HI/c1-3-4-5-12-21-19(20-2)22-14-16-8-10-17(11-9-16)15-23-13-6-7-18(23)24;/h8-11H,3-7,12-15H2,1-2H3,(H2,20,21,22);1H. The molecule has 140 valence electrons. The highest BCUT2D eigenvalue weighted by Gasteiger charge is 2.19. The van der Waals surface area contributed by atoms with E-state index in [4.69, 9.17) is 0 Å². The second-order valence-corrected chi connectivity index (χ2v) is 6.29. The fourth-order valence-corrected chi connectivity index (χ4v) is 2.84.